The average Bonchev–Trinajstić information content (AvgIpc) is 2.70. The fourth-order valence-corrected chi connectivity index (χ4v) is 3.83. The zero-order chi connectivity index (χ0) is 19.3. The Hall–Kier alpha value is -2.37. The summed E-state index contributed by atoms with van der Waals surface area (Å²) >= 11 is 0. The summed E-state index contributed by atoms with van der Waals surface area (Å²) in [6, 6.07) is 17.1. The van der Waals surface area contributed by atoms with Gasteiger partial charge in [-0.2, -0.15) is 0 Å². The van der Waals surface area contributed by atoms with Gasteiger partial charge in [0.05, 0.1) is 12.7 Å². The summed E-state index contributed by atoms with van der Waals surface area (Å²) in [6.07, 6.45) is 0.719. The van der Waals surface area contributed by atoms with Crippen molar-refractivity contribution >= 4 is 5.97 Å². The van der Waals surface area contributed by atoms with Gasteiger partial charge >= 0.3 is 5.97 Å². The maximum atomic E-state index is 13.0. The summed E-state index contributed by atoms with van der Waals surface area (Å²) in [7, 11) is 5.75. The number of nitrogens with zero attached hydrogens (tertiary/aromatic N) is 1. The Labute approximate surface area is 161 Å². The first-order chi connectivity index (χ1) is 13.0. The molecule has 3 rings (SSSR count). The number of piperidine rings is 1. The van der Waals surface area contributed by atoms with Crippen molar-refractivity contribution < 1.29 is 14.3 Å². The minimum atomic E-state index is -0.697. The van der Waals surface area contributed by atoms with E-state index in [2.05, 4.69) is 10.2 Å². The minimum absolute atomic E-state index is 0.126. The molecule has 1 N–H and O–H groups in total. The zero-order valence-corrected chi connectivity index (χ0v) is 16.3. The highest BCUT2D eigenvalue weighted by Crippen LogP contribution is 2.41. The summed E-state index contributed by atoms with van der Waals surface area (Å²) in [4.78, 5) is 15.1. The lowest BCUT2D eigenvalue weighted by molar-refractivity contribution is -0.0768. The molecule has 1 aliphatic heterocycles. The molecular weight excluding hydrogens is 340 g/mol. The summed E-state index contributed by atoms with van der Waals surface area (Å²) in [5.41, 5.74) is 0.859. The maximum absolute atomic E-state index is 13.0. The number of benzene rings is 2. The van der Waals surface area contributed by atoms with Gasteiger partial charge in [-0.15, -0.1) is 0 Å². The maximum Gasteiger partial charge on any atom is 0.339 e. The molecule has 0 bridgehead atoms. The highest BCUT2D eigenvalue weighted by Gasteiger charge is 2.46. The molecule has 2 atom stereocenters. The Kier molecular flexibility index (Phi) is 6.14. The van der Waals surface area contributed by atoms with Gasteiger partial charge < -0.3 is 19.7 Å². The SMILES string of the molecule is COc1cccc([C@]2(OC(=O)c3ccccc3)CCNC[C@H]2CN(C)C)c1. The second kappa shape index (κ2) is 8.55. The Morgan fingerprint density at radius 1 is 1.19 bits per heavy atom. The number of rotatable bonds is 6. The van der Waals surface area contributed by atoms with Crippen LogP contribution in [0.25, 0.3) is 0 Å². The number of hydrogen-bond donors (Lipinski definition) is 1. The summed E-state index contributed by atoms with van der Waals surface area (Å²) in [5.74, 6) is 0.606. The fourth-order valence-electron chi connectivity index (χ4n) is 3.83. The van der Waals surface area contributed by atoms with Crippen LogP contribution in [-0.4, -0.2) is 51.7 Å². The van der Waals surface area contributed by atoms with Gasteiger partial charge in [0.25, 0.3) is 0 Å². The molecule has 144 valence electrons. The molecule has 1 fully saturated rings. The molecule has 5 heteroatoms. The van der Waals surface area contributed by atoms with Crippen LogP contribution < -0.4 is 10.1 Å². The number of ether oxygens (including phenoxy) is 2. The van der Waals surface area contributed by atoms with Gasteiger partial charge in [-0.05, 0) is 50.5 Å². The predicted molar refractivity (Wildman–Crippen MR) is 106 cm³/mol. The first-order valence-electron chi connectivity index (χ1n) is 9.33. The first kappa shape index (κ1) is 19.4. The van der Waals surface area contributed by atoms with E-state index in [1.54, 1.807) is 19.2 Å². The van der Waals surface area contributed by atoms with Crippen molar-refractivity contribution in [2.24, 2.45) is 5.92 Å². The Morgan fingerprint density at radius 2 is 1.96 bits per heavy atom. The van der Waals surface area contributed by atoms with Crippen molar-refractivity contribution in [2.45, 2.75) is 12.0 Å². The van der Waals surface area contributed by atoms with Crippen molar-refractivity contribution in [3.8, 4) is 5.75 Å². The molecule has 2 aromatic rings. The van der Waals surface area contributed by atoms with E-state index in [1.807, 2.05) is 56.6 Å². The summed E-state index contributed by atoms with van der Waals surface area (Å²) in [5, 5.41) is 3.46. The highest BCUT2D eigenvalue weighted by atomic mass is 16.6. The number of nitrogens with one attached hydrogen (secondary N) is 1. The molecule has 2 aromatic carbocycles. The molecule has 0 saturated carbocycles. The smallest absolute Gasteiger partial charge is 0.339 e. The van der Waals surface area contributed by atoms with Gasteiger partial charge in [0, 0.05) is 25.4 Å². The molecule has 0 unspecified atom stereocenters. The van der Waals surface area contributed by atoms with Crippen molar-refractivity contribution in [1.82, 2.24) is 10.2 Å². The van der Waals surface area contributed by atoms with Crippen molar-refractivity contribution in [2.75, 3.05) is 40.8 Å². The second-order valence-corrected chi connectivity index (χ2v) is 7.29. The van der Waals surface area contributed by atoms with Crippen LogP contribution in [0.5, 0.6) is 5.75 Å². The summed E-state index contributed by atoms with van der Waals surface area (Å²) < 4.78 is 11.7. The van der Waals surface area contributed by atoms with Crippen molar-refractivity contribution in [3.63, 3.8) is 0 Å². The quantitative estimate of drug-likeness (QED) is 0.795. The first-order valence-corrected chi connectivity index (χ1v) is 9.33. The molecular formula is C22H28N2O3. The van der Waals surface area contributed by atoms with E-state index in [9.17, 15) is 4.79 Å². The van der Waals surface area contributed by atoms with Crippen LogP contribution in [0.4, 0.5) is 0 Å². The van der Waals surface area contributed by atoms with E-state index in [0.29, 0.717) is 5.56 Å². The Morgan fingerprint density at radius 3 is 2.67 bits per heavy atom. The lowest BCUT2D eigenvalue weighted by atomic mass is 9.75. The predicted octanol–water partition coefficient (Wildman–Crippen LogP) is 2.92. The molecule has 0 aliphatic carbocycles. The number of methoxy groups -OCH3 is 1. The van der Waals surface area contributed by atoms with E-state index in [-0.39, 0.29) is 11.9 Å². The molecule has 0 aromatic heterocycles. The molecule has 1 saturated heterocycles. The van der Waals surface area contributed by atoms with Crippen LogP contribution in [0.3, 0.4) is 0 Å². The third-order valence-corrected chi connectivity index (χ3v) is 5.15. The van der Waals surface area contributed by atoms with E-state index in [0.717, 1.165) is 37.4 Å². The molecule has 0 radical (unpaired) electrons. The fraction of sp³-hybridized carbons (Fsp3) is 0.409. The second-order valence-electron chi connectivity index (χ2n) is 7.29. The van der Waals surface area contributed by atoms with E-state index >= 15 is 0 Å². The van der Waals surface area contributed by atoms with Crippen LogP contribution in [-0.2, 0) is 10.3 Å². The number of hydrogen-bond acceptors (Lipinski definition) is 5. The van der Waals surface area contributed by atoms with Gasteiger partial charge in [0.2, 0.25) is 0 Å². The van der Waals surface area contributed by atoms with Gasteiger partial charge in [0.15, 0.2) is 0 Å². The lowest BCUT2D eigenvalue weighted by Crippen LogP contribution is -2.53. The Bertz CT molecular complexity index is 763. The summed E-state index contributed by atoms with van der Waals surface area (Å²) in [6.45, 7) is 2.40. The largest absolute Gasteiger partial charge is 0.497 e. The van der Waals surface area contributed by atoms with Gasteiger partial charge in [0.1, 0.15) is 11.4 Å². The zero-order valence-electron chi connectivity index (χ0n) is 16.3. The third-order valence-electron chi connectivity index (χ3n) is 5.15. The van der Waals surface area contributed by atoms with Gasteiger partial charge in [-0.3, -0.25) is 0 Å². The van der Waals surface area contributed by atoms with Crippen LogP contribution >= 0.6 is 0 Å². The average molecular weight is 368 g/mol. The molecule has 5 nitrogen and oxygen atoms in total. The van der Waals surface area contributed by atoms with E-state index in [1.165, 1.54) is 0 Å². The van der Waals surface area contributed by atoms with Gasteiger partial charge in [-0.1, -0.05) is 30.3 Å². The number of esters is 1. The van der Waals surface area contributed by atoms with E-state index < -0.39 is 5.60 Å². The monoisotopic (exact) mass is 368 g/mol. The van der Waals surface area contributed by atoms with Crippen molar-refractivity contribution in [3.05, 3.63) is 65.7 Å². The van der Waals surface area contributed by atoms with Crippen molar-refractivity contribution in [1.29, 1.82) is 0 Å². The Balaban J connectivity index is 2.02. The van der Waals surface area contributed by atoms with Gasteiger partial charge in [-0.25, -0.2) is 4.79 Å². The lowest BCUT2D eigenvalue weighted by Gasteiger charge is -2.45. The molecule has 0 spiro atoms. The molecule has 1 heterocycles. The molecule has 27 heavy (non-hydrogen) atoms. The van der Waals surface area contributed by atoms with Crippen LogP contribution in [0.15, 0.2) is 54.6 Å². The normalized spacial score (nSPS) is 22.4. The topological polar surface area (TPSA) is 50.8 Å². The number of carbonyl (C=O) groups is 1. The van der Waals surface area contributed by atoms with E-state index in [4.69, 9.17) is 9.47 Å². The molecule has 0 amide bonds. The van der Waals surface area contributed by atoms with Crippen LogP contribution in [0.2, 0.25) is 0 Å². The highest BCUT2D eigenvalue weighted by molar-refractivity contribution is 5.89. The standard InChI is InChI=1S/C22H28N2O3/c1-24(2)16-19-15-23-13-12-22(19,18-10-7-11-20(14-18)26-3)27-21(25)17-8-5-4-6-9-17/h4-11,14,19,23H,12-13,15-16H2,1-3H3/t19-,22+/m0/s1. The molecule has 1 aliphatic rings. The number of carbonyl (C=O) groups excluding carboxylic acids is 1. The minimum Gasteiger partial charge on any atom is -0.497 e. The van der Waals surface area contributed by atoms with Crippen LogP contribution in [0.1, 0.15) is 22.3 Å². The van der Waals surface area contributed by atoms with Crippen LogP contribution in [0, 0.1) is 5.92 Å². The third kappa shape index (κ3) is 4.31.